The zero-order valence-corrected chi connectivity index (χ0v) is 12.0. The van der Waals surface area contributed by atoms with Gasteiger partial charge in [-0.25, -0.2) is 4.98 Å². The second kappa shape index (κ2) is 6.37. The quantitative estimate of drug-likeness (QED) is 0.681. The van der Waals surface area contributed by atoms with Crippen LogP contribution in [0.4, 0.5) is 0 Å². The van der Waals surface area contributed by atoms with Gasteiger partial charge in [0.25, 0.3) is 0 Å². The van der Waals surface area contributed by atoms with Crippen LogP contribution < -0.4 is 10.1 Å². The summed E-state index contributed by atoms with van der Waals surface area (Å²) in [6, 6.07) is 12.5. The number of fused-ring (bicyclic) bond motifs is 1. The molecule has 2 N–H and O–H groups in total. The van der Waals surface area contributed by atoms with Crippen molar-refractivity contribution in [2.75, 3.05) is 13.7 Å². The third-order valence-corrected chi connectivity index (χ3v) is 3.52. The molecule has 1 aromatic heterocycles. The minimum atomic E-state index is 0.763. The van der Waals surface area contributed by atoms with Gasteiger partial charge in [-0.3, -0.25) is 5.10 Å². The molecule has 3 aromatic rings. The summed E-state index contributed by atoms with van der Waals surface area (Å²) in [5.74, 6) is 1.81. The lowest BCUT2D eigenvalue weighted by Gasteiger charge is -2.12. The molecule has 0 unspecified atom stereocenters. The summed E-state index contributed by atoms with van der Waals surface area (Å²) in [6.07, 6.45) is 2.36. The maximum Gasteiger partial charge on any atom is 0.137 e. The average Bonchev–Trinajstić information content (AvgIpc) is 3.04. The Morgan fingerprint density at radius 2 is 2.10 bits per heavy atom. The van der Waals surface area contributed by atoms with Gasteiger partial charge in [-0.15, -0.1) is 0 Å². The fourth-order valence-corrected chi connectivity index (χ4v) is 2.46. The first-order chi connectivity index (χ1) is 10.4. The highest BCUT2D eigenvalue weighted by Gasteiger charge is 2.07. The summed E-state index contributed by atoms with van der Waals surface area (Å²) >= 11 is 0. The molecule has 0 aliphatic rings. The number of aromatic nitrogens is 3. The van der Waals surface area contributed by atoms with Gasteiger partial charge >= 0.3 is 0 Å². The first-order valence-electron chi connectivity index (χ1n) is 6.98. The second-order valence-electron chi connectivity index (χ2n) is 4.83. The molecule has 0 saturated carbocycles. The van der Waals surface area contributed by atoms with Gasteiger partial charge in [0.1, 0.15) is 17.9 Å². The summed E-state index contributed by atoms with van der Waals surface area (Å²) in [7, 11) is 1.71. The monoisotopic (exact) mass is 282 g/mol. The van der Waals surface area contributed by atoms with E-state index in [0.29, 0.717) is 0 Å². The number of methoxy groups -OCH3 is 1. The van der Waals surface area contributed by atoms with Crippen molar-refractivity contribution in [3.05, 3.63) is 54.1 Å². The van der Waals surface area contributed by atoms with Crippen molar-refractivity contribution >= 4 is 10.8 Å². The Kier molecular flexibility index (Phi) is 4.12. The van der Waals surface area contributed by atoms with E-state index in [1.54, 1.807) is 7.11 Å². The largest absolute Gasteiger partial charge is 0.496 e. The molecule has 5 heteroatoms. The highest BCUT2D eigenvalue weighted by atomic mass is 16.5. The van der Waals surface area contributed by atoms with E-state index in [9.17, 15) is 0 Å². The Labute approximate surface area is 123 Å². The van der Waals surface area contributed by atoms with Crippen molar-refractivity contribution in [3.8, 4) is 5.75 Å². The van der Waals surface area contributed by atoms with Crippen LogP contribution in [-0.2, 0) is 13.0 Å². The molecule has 3 rings (SSSR count). The Morgan fingerprint density at radius 3 is 2.90 bits per heavy atom. The van der Waals surface area contributed by atoms with Crippen LogP contribution in [0.25, 0.3) is 10.8 Å². The maximum absolute atomic E-state index is 5.49. The smallest absolute Gasteiger partial charge is 0.137 e. The van der Waals surface area contributed by atoms with Crippen molar-refractivity contribution in [1.82, 2.24) is 20.5 Å². The van der Waals surface area contributed by atoms with Gasteiger partial charge in [0.05, 0.1) is 7.11 Å². The fourth-order valence-electron chi connectivity index (χ4n) is 2.46. The Balaban J connectivity index is 1.72. The van der Waals surface area contributed by atoms with Crippen LogP contribution in [0.1, 0.15) is 11.4 Å². The predicted octanol–water partition coefficient (Wildman–Crippen LogP) is 2.30. The molecule has 0 radical (unpaired) electrons. The Bertz CT molecular complexity index is 709. The van der Waals surface area contributed by atoms with Crippen LogP contribution >= 0.6 is 0 Å². The number of aromatic amines is 1. The molecule has 1 heterocycles. The predicted molar refractivity (Wildman–Crippen MR) is 82.3 cm³/mol. The lowest BCUT2D eigenvalue weighted by molar-refractivity contribution is 0.409. The molecular formula is C16H18N4O. The molecule has 2 aromatic carbocycles. The van der Waals surface area contributed by atoms with Crippen molar-refractivity contribution in [2.24, 2.45) is 0 Å². The third-order valence-electron chi connectivity index (χ3n) is 3.52. The SMILES string of the molecule is COc1ccc2ccccc2c1CNCCc1ncn[nH]1. The van der Waals surface area contributed by atoms with Crippen molar-refractivity contribution < 1.29 is 4.74 Å². The van der Waals surface area contributed by atoms with Crippen molar-refractivity contribution in [1.29, 1.82) is 0 Å². The Morgan fingerprint density at radius 1 is 1.19 bits per heavy atom. The minimum absolute atomic E-state index is 0.763. The molecule has 0 spiro atoms. The van der Waals surface area contributed by atoms with E-state index in [1.807, 2.05) is 6.07 Å². The van der Waals surface area contributed by atoms with Crippen LogP contribution in [0, 0.1) is 0 Å². The van der Waals surface area contributed by atoms with Gasteiger partial charge in [-0.1, -0.05) is 30.3 Å². The van der Waals surface area contributed by atoms with E-state index in [4.69, 9.17) is 4.74 Å². The van der Waals surface area contributed by atoms with Crippen LogP contribution in [0.2, 0.25) is 0 Å². The molecule has 0 amide bonds. The number of hydrogen-bond donors (Lipinski definition) is 2. The van der Waals surface area contributed by atoms with E-state index in [1.165, 1.54) is 22.7 Å². The molecular weight excluding hydrogens is 264 g/mol. The molecule has 21 heavy (non-hydrogen) atoms. The lowest BCUT2D eigenvalue weighted by atomic mass is 10.0. The summed E-state index contributed by atoms with van der Waals surface area (Å²) < 4.78 is 5.49. The zero-order chi connectivity index (χ0) is 14.5. The maximum atomic E-state index is 5.49. The average molecular weight is 282 g/mol. The molecule has 0 atom stereocenters. The lowest BCUT2D eigenvalue weighted by Crippen LogP contribution is -2.18. The summed E-state index contributed by atoms with van der Waals surface area (Å²) in [5.41, 5.74) is 1.19. The number of rotatable bonds is 6. The summed E-state index contributed by atoms with van der Waals surface area (Å²) in [4.78, 5) is 4.11. The fraction of sp³-hybridized carbons (Fsp3) is 0.250. The minimum Gasteiger partial charge on any atom is -0.496 e. The van der Waals surface area contributed by atoms with Gasteiger partial charge in [0.15, 0.2) is 0 Å². The molecule has 0 fully saturated rings. The second-order valence-corrected chi connectivity index (χ2v) is 4.83. The molecule has 108 valence electrons. The standard InChI is InChI=1S/C16H18N4O/c1-21-15-7-6-12-4-2-3-5-13(12)14(15)10-17-9-8-16-18-11-19-20-16/h2-7,11,17H,8-10H2,1H3,(H,18,19,20). The van der Waals surface area contributed by atoms with Gasteiger partial charge in [0, 0.05) is 25.1 Å². The van der Waals surface area contributed by atoms with Crippen LogP contribution in [0.5, 0.6) is 5.75 Å². The summed E-state index contributed by atoms with van der Waals surface area (Å²) in [6.45, 7) is 1.60. The molecule has 0 aliphatic heterocycles. The van der Waals surface area contributed by atoms with Gasteiger partial charge in [0.2, 0.25) is 0 Å². The Hall–Kier alpha value is -2.40. The van der Waals surface area contributed by atoms with E-state index < -0.39 is 0 Å². The van der Waals surface area contributed by atoms with Crippen LogP contribution in [0.3, 0.4) is 0 Å². The van der Waals surface area contributed by atoms with E-state index in [-0.39, 0.29) is 0 Å². The highest BCUT2D eigenvalue weighted by Crippen LogP contribution is 2.27. The van der Waals surface area contributed by atoms with Gasteiger partial charge in [-0.2, -0.15) is 5.10 Å². The molecule has 0 bridgehead atoms. The van der Waals surface area contributed by atoms with E-state index >= 15 is 0 Å². The van der Waals surface area contributed by atoms with E-state index in [2.05, 4.69) is 50.8 Å². The highest BCUT2D eigenvalue weighted by molar-refractivity contribution is 5.87. The normalized spacial score (nSPS) is 10.9. The van der Waals surface area contributed by atoms with Crippen LogP contribution in [0.15, 0.2) is 42.7 Å². The van der Waals surface area contributed by atoms with Gasteiger partial charge < -0.3 is 10.1 Å². The number of nitrogens with one attached hydrogen (secondary N) is 2. The number of ether oxygens (including phenoxy) is 1. The number of H-pyrrole nitrogens is 1. The first kappa shape index (κ1) is 13.6. The number of benzene rings is 2. The molecule has 0 aliphatic carbocycles. The first-order valence-corrected chi connectivity index (χ1v) is 6.98. The summed E-state index contributed by atoms with van der Waals surface area (Å²) in [5, 5.41) is 12.6. The van der Waals surface area contributed by atoms with Crippen molar-refractivity contribution in [3.63, 3.8) is 0 Å². The molecule has 0 saturated heterocycles. The topological polar surface area (TPSA) is 62.8 Å². The van der Waals surface area contributed by atoms with Crippen molar-refractivity contribution in [2.45, 2.75) is 13.0 Å². The van der Waals surface area contributed by atoms with Gasteiger partial charge in [-0.05, 0) is 16.8 Å². The zero-order valence-electron chi connectivity index (χ0n) is 12.0. The number of nitrogens with zero attached hydrogens (tertiary/aromatic N) is 2. The van der Waals surface area contributed by atoms with Crippen LogP contribution in [-0.4, -0.2) is 28.8 Å². The number of hydrogen-bond acceptors (Lipinski definition) is 4. The molecule has 5 nitrogen and oxygen atoms in total. The third kappa shape index (κ3) is 3.03. The van der Waals surface area contributed by atoms with E-state index in [0.717, 1.165) is 31.1 Å².